The molecule has 3 N–H and O–H groups in total. The van der Waals surface area contributed by atoms with E-state index in [1.54, 1.807) is 73.7 Å². The van der Waals surface area contributed by atoms with Gasteiger partial charge >= 0.3 is 5.97 Å². The first-order valence-electron chi connectivity index (χ1n) is 11.6. The fourth-order valence-corrected chi connectivity index (χ4v) is 2.10. The number of ether oxygens (including phenoxy) is 3. The second kappa shape index (κ2) is 21.6. The van der Waals surface area contributed by atoms with Gasteiger partial charge in [0.25, 0.3) is 0 Å². The van der Waals surface area contributed by atoms with E-state index in [0.29, 0.717) is 30.3 Å². The van der Waals surface area contributed by atoms with E-state index in [1.165, 1.54) is 24.3 Å². The Hall–Kier alpha value is -4.43. The molecular weight excluding hydrogens is 564 g/mol. The number of carbonyl (C=O) groups excluding carboxylic acids is 1. The molecule has 3 aromatic rings. The number of rotatable bonds is 9. The van der Waals surface area contributed by atoms with Gasteiger partial charge in [0.2, 0.25) is 0 Å². The zero-order valence-electron chi connectivity index (χ0n) is 22.0. The van der Waals surface area contributed by atoms with Crippen LogP contribution in [-0.2, 0) is 4.79 Å². The highest BCUT2D eigenvalue weighted by atomic mass is 79.9. The van der Waals surface area contributed by atoms with Crippen molar-refractivity contribution in [3.05, 3.63) is 123 Å². The number of allylic oxidation sites excluding steroid dienone is 1. The number of hydrogen-bond acceptors (Lipinski definition) is 7. The first kappa shape index (κ1) is 34.6. The van der Waals surface area contributed by atoms with E-state index in [1.807, 2.05) is 0 Å². The van der Waals surface area contributed by atoms with Crippen molar-refractivity contribution in [3.63, 3.8) is 0 Å². The molecule has 8 heteroatoms. The third kappa shape index (κ3) is 18.5. The van der Waals surface area contributed by atoms with Crippen LogP contribution in [0.4, 0.5) is 0 Å². The molecule has 3 aromatic carbocycles. The number of phenolic OH excluding ortho intramolecular Hbond substituents is 3. The van der Waals surface area contributed by atoms with Crippen LogP contribution in [0.15, 0.2) is 123 Å². The van der Waals surface area contributed by atoms with Crippen LogP contribution < -0.4 is 14.2 Å². The number of halogens is 1. The summed E-state index contributed by atoms with van der Waals surface area (Å²) in [7, 11) is 0. The quantitative estimate of drug-likeness (QED) is 0.0590. The minimum absolute atomic E-state index is 0.169. The molecule has 0 saturated carbocycles. The standard InChI is InChI=1S/C13H14O3.C9H10O2.C6H6O2.C3H5Br/c1-4-9-15-11-5-7-12(8-6-11)16-13(14)10(2)3;1-2-7-11-9-5-3-8(10)4-6-9;7-5-1-2-6(8)4-3-5;1-2-3-4/h4-8H,1-2,9H2,3H3;2-6,10H,1,7H2;1-4,7-8H;2H,1,3H2. The predicted molar refractivity (Wildman–Crippen MR) is 160 cm³/mol. The lowest BCUT2D eigenvalue weighted by atomic mass is 10.3. The third-order valence-corrected chi connectivity index (χ3v) is 4.37. The van der Waals surface area contributed by atoms with Crippen LogP contribution >= 0.6 is 15.9 Å². The molecule has 0 amide bonds. The summed E-state index contributed by atoms with van der Waals surface area (Å²) in [6, 6.07) is 19.1. The Kier molecular flexibility index (Phi) is 19.2. The van der Waals surface area contributed by atoms with Crippen LogP contribution in [0.2, 0.25) is 0 Å². The smallest absolute Gasteiger partial charge is 0.338 e. The Labute approximate surface area is 238 Å². The SMILES string of the molecule is C=CCBr.C=CCOc1ccc(O)cc1.C=CCOc1ccc(OC(=O)C(=C)C)cc1.Oc1ccc(O)cc1. The van der Waals surface area contributed by atoms with Crippen molar-refractivity contribution < 1.29 is 34.3 Å². The third-order valence-electron chi connectivity index (χ3n) is 3.91. The first-order chi connectivity index (χ1) is 18.7. The molecule has 208 valence electrons. The van der Waals surface area contributed by atoms with Gasteiger partial charge in [0.1, 0.15) is 47.7 Å². The molecule has 0 heterocycles. The number of benzene rings is 3. The van der Waals surface area contributed by atoms with Crippen molar-refractivity contribution in [2.45, 2.75) is 6.92 Å². The molecule has 7 nitrogen and oxygen atoms in total. The first-order valence-corrected chi connectivity index (χ1v) is 12.7. The summed E-state index contributed by atoms with van der Waals surface area (Å²) >= 11 is 3.13. The molecule has 3 rings (SSSR count). The van der Waals surface area contributed by atoms with E-state index >= 15 is 0 Å². The van der Waals surface area contributed by atoms with Crippen LogP contribution in [-0.4, -0.2) is 39.8 Å². The molecule has 0 saturated heterocycles. The van der Waals surface area contributed by atoms with Crippen LogP contribution in [0.3, 0.4) is 0 Å². The zero-order valence-corrected chi connectivity index (χ0v) is 23.5. The van der Waals surface area contributed by atoms with Crippen LogP contribution in [0.25, 0.3) is 0 Å². The Morgan fingerprint density at radius 1 is 0.692 bits per heavy atom. The topological polar surface area (TPSA) is 105 Å². The molecular formula is C31H35BrO7. The summed E-state index contributed by atoms with van der Waals surface area (Å²) in [6.07, 6.45) is 5.13. The summed E-state index contributed by atoms with van der Waals surface area (Å²) in [5, 5.41) is 27.1. The highest BCUT2D eigenvalue weighted by Gasteiger charge is 2.04. The highest BCUT2D eigenvalue weighted by molar-refractivity contribution is 9.09. The number of aromatic hydroxyl groups is 3. The molecule has 0 spiro atoms. The van der Waals surface area contributed by atoms with Gasteiger partial charge in [0, 0.05) is 10.9 Å². The Morgan fingerprint density at radius 3 is 1.31 bits per heavy atom. The van der Waals surface area contributed by atoms with Crippen molar-refractivity contribution in [2.24, 2.45) is 0 Å². The monoisotopic (exact) mass is 598 g/mol. The van der Waals surface area contributed by atoms with Gasteiger partial charge < -0.3 is 29.5 Å². The fourth-order valence-electron chi connectivity index (χ4n) is 2.10. The Balaban J connectivity index is 0.000000544. The molecule has 0 aliphatic carbocycles. The predicted octanol–water partition coefficient (Wildman–Crippen LogP) is 7.36. The van der Waals surface area contributed by atoms with Gasteiger partial charge in [-0.2, -0.15) is 0 Å². The number of hydrogen-bond donors (Lipinski definition) is 3. The Bertz CT molecular complexity index is 1100. The van der Waals surface area contributed by atoms with Gasteiger partial charge in [-0.25, -0.2) is 4.79 Å². The van der Waals surface area contributed by atoms with Crippen molar-refractivity contribution in [2.75, 3.05) is 18.5 Å². The van der Waals surface area contributed by atoms with Gasteiger partial charge in [-0.15, -0.1) is 6.58 Å². The van der Waals surface area contributed by atoms with E-state index in [9.17, 15) is 4.79 Å². The van der Waals surface area contributed by atoms with Gasteiger partial charge in [0.15, 0.2) is 0 Å². The normalized spacial score (nSPS) is 8.87. The summed E-state index contributed by atoms with van der Waals surface area (Å²) in [4.78, 5) is 11.2. The highest BCUT2D eigenvalue weighted by Crippen LogP contribution is 2.18. The van der Waals surface area contributed by atoms with E-state index in [-0.39, 0.29) is 17.2 Å². The van der Waals surface area contributed by atoms with E-state index in [4.69, 9.17) is 29.5 Å². The van der Waals surface area contributed by atoms with Crippen LogP contribution in [0, 0.1) is 0 Å². The number of phenols is 3. The molecule has 0 fully saturated rings. The summed E-state index contributed by atoms with van der Waals surface area (Å²) < 4.78 is 15.5. The number of carbonyl (C=O) groups is 1. The molecule has 0 aliphatic heterocycles. The van der Waals surface area contributed by atoms with E-state index < -0.39 is 5.97 Å². The van der Waals surface area contributed by atoms with Crippen LogP contribution in [0.5, 0.6) is 34.5 Å². The lowest BCUT2D eigenvalue weighted by Gasteiger charge is -2.05. The van der Waals surface area contributed by atoms with E-state index in [2.05, 4.69) is 42.2 Å². The molecule has 0 unspecified atom stereocenters. The molecule has 0 radical (unpaired) electrons. The summed E-state index contributed by atoms with van der Waals surface area (Å²) in [6.45, 7) is 16.5. The second-order valence-corrected chi connectivity index (χ2v) is 7.94. The lowest BCUT2D eigenvalue weighted by molar-refractivity contribution is -0.130. The average Bonchev–Trinajstić information content (AvgIpc) is 2.94. The molecule has 0 bridgehead atoms. The molecule has 0 atom stereocenters. The van der Waals surface area contributed by atoms with Crippen molar-refractivity contribution >= 4 is 21.9 Å². The molecule has 0 aromatic heterocycles. The molecule has 39 heavy (non-hydrogen) atoms. The maximum absolute atomic E-state index is 11.2. The number of esters is 1. The minimum atomic E-state index is -0.431. The maximum Gasteiger partial charge on any atom is 0.338 e. The van der Waals surface area contributed by atoms with Gasteiger partial charge in [0.05, 0.1) is 0 Å². The van der Waals surface area contributed by atoms with Crippen molar-refractivity contribution in [3.8, 4) is 34.5 Å². The summed E-state index contributed by atoms with van der Waals surface area (Å²) in [5.74, 6) is 2.07. The van der Waals surface area contributed by atoms with Crippen molar-refractivity contribution in [1.29, 1.82) is 0 Å². The largest absolute Gasteiger partial charge is 0.508 e. The maximum atomic E-state index is 11.2. The van der Waals surface area contributed by atoms with E-state index in [0.717, 1.165) is 11.1 Å². The number of alkyl halides is 1. The fraction of sp³-hybridized carbons (Fsp3) is 0.129. The second-order valence-electron chi connectivity index (χ2n) is 7.29. The summed E-state index contributed by atoms with van der Waals surface area (Å²) in [5.41, 5.74) is 0.368. The zero-order chi connectivity index (χ0) is 29.5. The molecule has 0 aliphatic rings. The van der Waals surface area contributed by atoms with Gasteiger partial charge in [-0.05, 0) is 79.7 Å². The Morgan fingerprint density at radius 2 is 1.00 bits per heavy atom. The van der Waals surface area contributed by atoms with Gasteiger partial charge in [-0.1, -0.05) is 53.9 Å². The average molecular weight is 600 g/mol. The minimum Gasteiger partial charge on any atom is -0.508 e. The van der Waals surface area contributed by atoms with Crippen molar-refractivity contribution in [1.82, 2.24) is 0 Å². The lowest BCUT2D eigenvalue weighted by Crippen LogP contribution is -2.07. The van der Waals surface area contributed by atoms with Crippen LogP contribution in [0.1, 0.15) is 6.92 Å². The van der Waals surface area contributed by atoms with Gasteiger partial charge in [-0.3, -0.25) is 0 Å².